The van der Waals surface area contributed by atoms with Crippen molar-refractivity contribution >= 4 is 28.8 Å². The number of fused-ring (bicyclic) bond motifs is 1. The first kappa shape index (κ1) is 23.6. The molecule has 1 spiro atoms. The number of ether oxygens (including phenoxy) is 1. The Bertz CT molecular complexity index is 1000. The first-order valence-electron chi connectivity index (χ1n) is 11.5. The van der Waals surface area contributed by atoms with Gasteiger partial charge in [0.1, 0.15) is 5.52 Å². The van der Waals surface area contributed by atoms with E-state index in [0.29, 0.717) is 56.5 Å². The van der Waals surface area contributed by atoms with Gasteiger partial charge >= 0.3 is 0 Å². The second kappa shape index (κ2) is 9.01. The van der Waals surface area contributed by atoms with Crippen molar-refractivity contribution in [3.8, 4) is 0 Å². The third-order valence-corrected chi connectivity index (χ3v) is 7.02. The average molecular weight is 462 g/mol. The number of piperidine rings is 1. The quantitative estimate of drug-likeness (QED) is 0.350. The summed E-state index contributed by atoms with van der Waals surface area (Å²) in [4.78, 5) is 27.1. The van der Waals surface area contributed by atoms with Crippen molar-refractivity contribution < 1.29 is 14.6 Å². The Morgan fingerprint density at radius 1 is 1.30 bits per heavy atom. The molecular weight excluding hydrogens is 426 g/mol. The number of likely N-dealkylation sites (tertiary alicyclic amines) is 1. The molecule has 182 valence electrons. The predicted octanol–water partition coefficient (Wildman–Crippen LogP) is -0.479. The number of unbranched alkanes of at least 4 members (excludes halogenated alkanes) is 1. The number of anilines is 2. The molecule has 1 amide bonds. The van der Waals surface area contributed by atoms with Crippen LogP contribution in [0.3, 0.4) is 0 Å². The van der Waals surface area contributed by atoms with Crippen molar-refractivity contribution in [1.29, 1.82) is 0 Å². The van der Waals surface area contributed by atoms with E-state index in [1.807, 2.05) is 4.90 Å². The van der Waals surface area contributed by atoms with Crippen molar-refractivity contribution in [3.05, 3.63) is 6.33 Å². The molecule has 0 unspecified atom stereocenters. The Hall–Kier alpha value is -2.54. The molecule has 0 bridgehead atoms. The summed E-state index contributed by atoms with van der Waals surface area (Å²) >= 11 is 0. The van der Waals surface area contributed by atoms with Crippen molar-refractivity contribution in [1.82, 2.24) is 24.4 Å². The third-order valence-electron chi connectivity index (χ3n) is 7.02. The monoisotopic (exact) mass is 461 g/mol. The molecule has 2 aromatic heterocycles. The minimum absolute atomic E-state index is 0.0259. The second-order valence-corrected chi connectivity index (χ2v) is 9.55. The number of aliphatic hydroxyl groups is 1. The smallest absolute Gasteiger partial charge is 0.239 e. The number of nitrogens with two attached hydrogens (primary N) is 4. The topological polar surface area (TPSA) is 197 Å². The highest BCUT2D eigenvalue weighted by Crippen LogP contribution is 2.44. The van der Waals surface area contributed by atoms with Gasteiger partial charge in [0.05, 0.1) is 36.2 Å². The van der Waals surface area contributed by atoms with Gasteiger partial charge in [-0.2, -0.15) is 9.97 Å². The van der Waals surface area contributed by atoms with Crippen LogP contribution < -0.4 is 22.9 Å². The fourth-order valence-corrected chi connectivity index (χ4v) is 5.14. The van der Waals surface area contributed by atoms with Gasteiger partial charge in [0, 0.05) is 19.5 Å². The first-order chi connectivity index (χ1) is 15.7. The van der Waals surface area contributed by atoms with E-state index in [0.717, 1.165) is 12.8 Å². The first-order valence-corrected chi connectivity index (χ1v) is 11.5. The van der Waals surface area contributed by atoms with E-state index in [4.69, 9.17) is 27.7 Å². The van der Waals surface area contributed by atoms with Gasteiger partial charge in [0.2, 0.25) is 11.9 Å². The number of hydrogen-bond donors (Lipinski definition) is 5. The van der Waals surface area contributed by atoms with Crippen LogP contribution >= 0.6 is 0 Å². The molecule has 0 aliphatic carbocycles. The number of carbonyl (C=O) groups excluding carboxylic acids is 1. The van der Waals surface area contributed by atoms with Crippen LogP contribution in [0.4, 0.5) is 11.8 Å². The summed E-state index contributed by atoms with van der Waals surface area (Å²) in [6.07, 6.45) is 5.65. The van der Waals surface area contributed by atoms with E-state index in [2.05, 4.69) is 15.0 Å². The number of imidazole rings is 1. The molecule has 2 aliphatic rings. The summed E-state index contributed by atoms with van der Waals surface area (Å²) in [5.41, 5.74) is 22.6. The van der Waals surface area contributed by atoms with Crippen LogP contribution in [0.15, 0.2) is 6.33 Å². The zero-order valence-electron chi connectivity index (χ0n) is 19.1. The second-order valence-electron chi connectivity index (χ2n) is 9.55. The largest absolute Gasteiger partial charge is 0.388 e. The lowest BCUT2D eigenvalue weighted by Crippen LogP contribution is -2.59. The molecule has 2 aromatic rings. The highest BCUT2D eigenvalue weighted by Gasteiger charge is 2.50. The molecule has 9 N–H and O–H groups in total. The lowest BCUT2D eigenvalue weighted by Gasteiger charge is -2.51. The minimum atomic E-state index is -1.09. The number of rotatable bonds is 6. The Labute approximate surface area is 192 Å². The van der Waals surface area contributed by atoms with Crippen LogP contribution in [-0.2, 0) is 9.53 Å². The lowest BCUT2D eigenvalue weighted by molar-refractivity contribution is -0.197. The van der Waals surface area contributed by atoms with Crippen molar-refractivity contribution in [2.45, 2.75) is 68.7 Å². The molecule has 33 heavy (non-hydrogen) atoms. The van der Waals surface area contributed by atoms with E-state index in [-0.39, 0.29) is 24.3 Å². The molecule has 2 aliphatic heterocycles. The van der Waals surface area contributed by atoms with Gasteiger partial charge in [-0.05, 0) is 39.2 Å². The van der Waals surface area contributed by atoms with Crippen LogP contribution in [0.1, 0.15) is 51.5 Å². The molecule has 2 saturated heterocycles. The summed E-state index contributed by atoms with van der Waals surface area (Å²) in [7, 11) is 0. The summed E-state index contributed by atoms with van der Waals surface area (Å²) in [6, 6.07) is -0.917. The van der Waals surface area contributed by atoms with Crippen LogP contribution in [0, 0.1) is 0 Å². The normalized spacial score (nSPS) is 26.1. The maximum Gasteiger partial charge on any atom is 0.239 e. The van der Waals surface area contributed by atoms with E-state index in [1.54, 1.807) is 17.8 Å². The van der Waals surface area contributed by atoms with E-state index >= 15 is 0 Å². The van der Waals surface area contributed by atoms with E-state index in [1.165, 1.54) is 0 Å². The fraction of sp³-hybridized carbons (Fsp3) is 0.714. The van der Waals surface area contributed by atoms with Gasteiger partial charge in [0.25, 0.3) is 0 Å². The van der Waals surface area contributed by atoms with Crippen molar-refractivity contribution in [2.75, 3.05) is 37.7 Å². The van der Waals surface area contributed by atoms with Gasteiger partial charge in [-0.25, -0.2) is 4.98 Å². The standard InChI is InChI=1S/C21H35N9O3/c1-20(32)11-21(5-8-29(9-6-21)18(31)13(23)4-2-3-7-22)33-10-14(20)30-12-26-15-16(24)27-19(25)28-17(15)30/h12-14,32H,2-11,22-23H2,1H3,(H4,24,25,27,28)/t13-,14-,20-/m1/s1. The zero-order chi connectivity index (χ0) is 23.8. The van der Waals surface area contributed by atoms with Gasteiger partial charge < -0.3 is 42.2 Å². The Balaban J connectivity index is 1.43. The maximum atomic E-state index is 12.7. The fourth-order valence-electron chi connectivity index (χ4n) is 5.14. The minimum Gasteiger partial charge on any atom is -0.388 e. The highest BCUT2D eigenvalue weighted by atomic mass is 16.5. The number of carbonyl (C=O) groups is 1. The third kappa shape index (κ3) is 4.60. The predicted molar refractivity (Wildman–Crippen MR) is 124 cm³/mol. The summed E-state index contributed by atoms with van der Waals surface area (Å²) in [5, 5.41) is 11.5. The van der Waals surface area contributed by atoms with Crippen LogP contribution in [0.2, 0.25) is 0 Å². The zero-order valence-corrected chi connectivity index (χ0v) is 19.1. The Morgan fingerprint density at radius 2 is 2.03 bits per heavy atom. The molecule has 0 radical (unpaired) electrons. The molecule has 4 rings (SSSR count). The summed E-state index contributed by atoms with van der Waals surface area (Å²) in [6.45, 7) is 3.78. The average Bonchev–Trinajstić information content (AvgIpc) is 3.17. The van der Waals surface area contributed by atoms with Gasteiger partial charge in [0.15, 0.2) is 11.5 Å². The summed E-state index contributed by atoms with van der Waals surface area (Å²) < 4.78 is 8.12. The van der Waals surface area contributed by atoms with E-state index < -0.39 is 23.3 Å². The van der Waals surface area contributed by atoms with Crippen molar-refractivity contribution in [3.63, 3.8) is 0 Å². The number of nitrogens with zero attached hydrogens (tertiary/aromatic N) is 5. The van der Waals surface area contributed by atoms with Gasteiger partial charge in [-0.15, -0.1) is 0 Å². The highest BCUT2D eigenvalue weighted by molar-refractivity contribution is 5.83. The molecule has 4 heterocycles. The number of amides is 1. The number of nitrogen functional groups attached to an aromatic ring is 2. The van der Waals surface area contributed by atoms with Crippen molar-refractivity contribution in [2.24, 2.45) is 11.5 Å². The lowest BCUT2D eigenvalue weighted by atomic mass is 9.75. The molecule has 12 heteroatoms. The SMILES string of the molecule is C[C@@]1(O)CC2(CCN(C(=O)[C@H](N)CCCCN)CC2)OC[C@H]1n1cnc2c(N)nc(N)nc21. The molecule has 12 nitrogen and oxygen atoms in total. The number of hydrogen-bond acceptors (Lipinski definition) is 10. The van der Waals surface area contributed by atoms with Gasteiger partial charge in [-0.3, -0.25) is 4.79 Å². The molecule has 3 atom stereocenters. The van der Waals surface area contributed by atoms with Gasteiger partial charge in [-0.1, -0.05) is 6.42 Å². The molecule has 2 fully saturated rings. The Morgan fingerprint density at radius 3 is 2.70 bits per heavy atom. The summed E-state index contributed by atoms with van der Waals surface area (Å²) in [5.74, 6) is 0.220. The van der Waals surface area contributed by atoms with Crippen LogP contribution in [0.5, 0.6) is 0 Å². The molecular formula is C21H35N9O3. The maximum absolute atomic E-state index is 12.7. The molecule has 0 aromatic carbocycles. The van der Waals surface area contributed by atoms with Crippen LogP contribution in [0.25, 0.3) is 11.2 Å². The van der Waals surface area contributed by atoms with Crippen LogP contribution in [-0.4, -0.2) is 78.9 Å². The van der Waals surface area contributed by atoms with E-state index in [9.17, 15) is 9.90 Å². The number of aromatic nitrogens is 4. The molecule has 0 saturated carbocycles. The Kier molecular flexibility index (Phi) is 6.45.